The van der Waals surface area contributed by atoms with E-state index in [2.05, 4.69) is 6.58 Å². The van der Waals surface area contributed by atoms with Gasteiger partial charge in [0.25, 0.3) is 0 Å². The summed E-state index contributed by atoms with van der Waals surface area (Å²) < 4.78 is 5.34. The largest absolute Gasteiger partial charge is 0.447 e. The minimum atomic E-state index is -0.552. The van der Waals surface area contributed by atoms with Gasteiger partial charge < -0.3 is 4.74 Å². The van der Waals surface area contributed by atoms with Crippen molar-refractivity contribution in [3.05, 3.63) is 84.4 Å². The Morgan fingerprint density at radius 2 is 1.70 bits per heavy atom. The number of hydrogen-bond donors (Lipinski definition) is 0. The van der Waals surface area contributed by atoms with Crippen molar-refractivity contribution in [2.24, 2.45) is 5.92 Å². The molecule has 0 spiro atoms. The first-order valence-electron chi connectivity index (χ1n) is 9.38. The van der Waals surface area contributed by atoms with Gasteiger partial charge in [-0.2, -0.15) is 0 Å². The molecule has 4 nitrogen and oxygen atoms in total. The minimum absolute atomic E-state index is 0.135. The van der Waals surface area contributed by atoms with Crippen molar-refractivity contribution in [2.45, 2.75) is 31.7 Å². The molecule has 4 heteroatoms. The number of benzene rings is 2. The van der Waals surface area contributed by atoms with Crippen molar-refractivity contribution in [3.63, 3.8) is 0 Å². The van der Waals surface area contributed by atoms with E-state index < -0.39 is 6.09 Å². The highest BCUT2D eigenvalue weighted by molar-refractivity contribution is 5.95. The van der Waals surface area contributed by atoms with Crippen LogP contribution < -0.4 is 0 Å². The molecule has 1 heterocycles. The van der Waals surface area contributed by atoms with E-state index in [1.807, 2.05) is 67.6 Å². The molecule has 0 saturated carbocycles. The van der Waals surface area contributed by atoms with Gasteiger partial charge in [-0.25, -0.2) is 9.69 Å². The van der Waals surface area contributed by atoms with Crippen LogP contribution in [0.2, 0.25) is 0 Å². The van der Waals surface area contributed by atoms with Gasteiger partial charge in [0.2, 0.25) is 5.91 Å². The van der Waals surface area contributed by atoms with Crippen LogP contribution in [0.5, 0.6) is 0 Å². The molecule has 2 aromatic carbocycles. The molecule has 0 aromatic heterocycles. The summed E-state index contributed by atoms with van der Waals surface area (Å²) in [5, 5.41) is 0. The Hall–Kier alpha value is -2.88. The molecule has 2 amide bonds. The second-order valence-corrected chi connectivity index (χ2v) is 6.78. The van der Waals surface area contributed by atoms with E-state index in [-0.39, 0.29) is 30.4 Å². The van der Waals surface area contributed by atoms with Crippen LogP contribution in [0.25, 0.3) is 0 Å². The lowest BCUT2D eigenvalue weighted by molar-refractivity contribution is -0.133. The van der Waals surface area contributed by atoms with Crippen molar-refractivity contribution in [2.75, 3.05) is 6.61 Å². The highest BCUT2D eigenvalue weighted by atomic mass is 16.6. The van der Waals surface area contributed by atoms with Crippen molar-refractivity contribution >= 4 is 12.0 Å². The summed E-state index contributed by atoms with van der Waals surface area (Å²) in [7, 11) is 0. The fourth-order valence-electron chi connectivity index (χ4n) is 3.73. The van der Waals surface area contributed by atoms with E-state index >= 15 is 0 Å². The first-order chi connectivity index (χ1) is 13.2. The number of amides is 2. The molecule has 1 fully saturated rings. The quantitative estimate of drug-likeness (QED) is 0.666. The standard InChI is InChI=1S/C23H25NO3/c1-3-11-17(4-2)22(25)24-20(16-27-23(24)26)21(18-12-7-5-8-13-18)19-14-9-6-10-15-19/h3,5-10,12-15,17,20-21H,1,4,11,16H2,2H3/t17?,20-/m0/s1. The van der Waals surface area contributed by atoms with Crippen molar-refractivity contribution < 1.29 is 14.3 Å². The Kier molecular flexibility index (Phi) is 6.07. The zero-order valence-corrected chi connectivity index (χ0v) is 15.6. The fourth-order valence-corrected chi connectivity index (χ4v) is 3.73. The molecular weight excluding hydrogens is 338 g/mol. The number of carbonyl (C=O) groups excluding carboxylic acids is 2. The molecule has 140 valence electrons. The zero-order valence-electron chi connectivity index (χ0n) is 15.6. The van der Waals surface area contributed by atoms with Crippen LogP contribution in [-0.4, -0.2) is 29.5 Å². The summed E-state index contributed by atoms with van der Waals surface area (Å²) >= 11 is 0. The van der Waals surface area contributed by atoms with Crippen LogP contribution in [-0.2, 0) is 9.53 Å². The van der Waals surface area contributed by atoms with Gasteiger partial charge in [-0.05, 0) is 24.0 Å². The molecular formula is C23H25NO3. The third kappa shape index (κ3) is 3.95. The summed E-state index contributed by atoms with van der Waals surface area (Å²) in [4.78, 5) is 26.9. The fraction of sp³-hybridized carbons (Fsp3) is 0.304. The predicted molar refractivity (Wildman–Crippen MR) is 105 cm³/mol. The maximum atomic E-state index is 13.1. The number of cyclic esters (lactones) is 1. The molecule has 1 saturated heterocycles. The highest BCUT2D eigenvalue weighted by Crippen LogP contribution is 2.35. The third-order valence-electron chi connectivity index (χ3n) is 5.14. The van der Waals surface area contributed by atoms with E-state index in [4.69, 9.17) is 4.74 Å². The highest BCUT2D eigenvalue weighted by Gasteiger charge is 2.44. The van der Waals surface area contributed by atoms with Gasteiger partial charge in [0.05, 0.1) is 6.04 Å². The first-order valence-corrected chi connectivity index (χ1v) is 9.38. The summed E-state index contributed by atoms with van der Waals surface area (Å²) in [5.41, 5.74) is 2.11. The molecule has 1 unspecified atom stereocenters. The Labute approximate surface area is 160 Å². The second kappa shape index (κ2) is 8.67. The van der Waals surface area contributed by atoms with Gasteiger partial charge in [0, 0.05) is 11.8 Å². The lowest BCUT2D eigenvalue weighted by atomic mass is 9.84. The maximum absolute atomic E-state index is 13.1. The van der Waals surface area contributed by atoms with Gasteiger partial charge in [0.15, 0.2) is 0 Å². The van der Waals surface area contributed by atoms with Crippen LogP contribution in [0, 0.1) is 5.92 Å². The van der Waals surface area contributed by atoms with Crippen LogP contribution >= 0.6 is 0 Å². The van der Waals surface area contributed by atoms with Crippen LogP contribution in [0.3, 0.4) is 0 Å². The number of imide groups is 1. The van der Waals surface area contributed by atoms with Crippen LogP contribution in [0.1, 0.15) is 36.8 Å². The van der Waals surface area contributed by atoms with Crippen molar-refractivity contribution in [1.82, 2.24) is 4.90 Å². The third-order valence-corrected chi connectivity index (χ3v) is 5.14. The van der Waals surface area contributed by atoms with Crippen molar-refractivity contribution in [3.8, 4) is 0 Å². The molecule has 27 heavy (non-hydrogen) atoms. The Bertz CT molecular complexity index is 748. The van der Waals surface area contributed by atoms with Crippen LogP contribution in [0.15, 0.2) is 73.3 Å². The van der Waals surface area contributed by atoms with E-state index in [0.29, 0.717) is 12.8 Å². The lowest BCUT2D eigenvalue weighted by Crippen LogP contribution is -2.45. The number of carbonyl (C=O) groups is 2. The normalized spacial score (nSPS) is 17.6. The molecule has 0 bridgehead atoms. The van der Waals surface area contributed by atoms with E-state index in [9.17, 15) is 9.59 Å². The van der Waals surface area contributed by atoms with Gasteiger partial charge in [-0.15, -0.1) is 6.58 Å². The Morgan fingerprint density at radius 3 is 2.19 bits per heavy atom. The number of hydrogen-bond acceptors (Lipinski definition) is 3. The molecule has 2 atom stereocenters. The number of ether oxygens (including phenoxy) is 1. The SMILES string of the molecule is C=CCC(CC)C(=O)N1C(=O)OC[C@H]1C(c1ccccc1)c1ccccc1. The Balaban J connectivity index is 2.01. The smallest absolute Gasteiger partial charge is 0.417 e. The van der Waals surface area contributed by atoms with Gasteiger partial charge in [0.1, 0.15) is 6.61 Å². The predicted octanol–water partition coefficient (Wildman–Crippen LogP) is 4.77. The van der Waals surface area contributed by atoms with Crippen LogP contribution in [0.4, 0.5) is 4.79 Å². The summed E-state index contributed by atoms with van der Waals surface area (Å²) in [6, 6.07) is 19.6. The number of rotatable bonds is 7. The molecule has 1 aliphatic heterocycles. The molecule has 0 aliphatic carbocycles. The topological polar surface area (TPSA) is 46.6 Å². The number of allylic oxidation sites excluding steroid dienone is 1. The average molecular weight is 363 g/mol. The molecule has 2 aromatic rings. The van der Waals surface area contributed by atoms with Gasteiger partial charge in [-0.1, -0.05) is 73.7 Å². The lowest BCUT2D eigenvalue weighted by Gasteiger charge is -2.30. The summed E-state index contributed by atoms with van der Waals surface area (Å²) in [5.74, 6) is -0.575. The monoisotopic (exact) mass is 363 g/mol. The first kappa shape index (κ1) is 18.9. The minimum Gasteiger partial charge on any atom is -0.447 e. The van der Waals surface area contributed by atoms with E-state index in [1.54, 1.807) is 6.08 Å². The van der Waals surface area contributed by atoms with Gasteiger partial charge >= 0.3 is 6.09 Å². The second-order valence-electron chi connectivity index (χ2n) is 6.78. The summed E-state index contributed by atoms with van der Waals surface area (Å²) in [6.45, 7) is 5.89. The van der Waals surface area contributed by atoms with Gasteiger partial charge in [-0.3, -0.25) is 4.79 Å². The van der Waals surface area contributed by atoms with Crippen molar-refractivity contribution in [1.29, 1.82) is 0 Å². The maximum Gasteiger partial charge on any atom is 0.417 e. The molecule has 0 radical (unpaired) electrons. The van der Waals surface area contributed by atoms with E-state index in [0.717, 1.165) is 11.1 Å². The molecule has 0 N–H and O–H groups in total. The summed E-state index contributed by atoms with van der Waals surface area (Å²) in [6.07, 6.45) is 2.38. The zero-order chi connectivity index (χ0) is 19.2. The molecule has 3 rings (SSSR count). The Morgan fingerprint density at radius 1 is 1.15 bits per heavy atom. The molecule has 1 aliphatic rings. The van der Waals surface area contributed by atoms with E-state index in [1.165, 1.54) is 4.90 Å². The number of nitrogens with zero attached hydrogens (tertiary/aromatic N) is 1. The average Bonchev–Trinajstić information content (AvgIpc) is 3.08.